The molecule has 2 amide bonds. The number of anilines is 3. The Kier molecular flexibility index (Phi) is 4.62. The predicted octanol–water partition coefficient (Wildman–Crippen LogP) is 2.61. The highest BCUT2D eigenvalue weighted by Crippen LogP contribution is 2.38. The first kappa shape index (κ1) is 18.2. The van der Waals surface area contributed by atoms with E-state index in [0.717, 1.165) is 5.69 Å². The summed E-state index contributed by atoms with van der Waals surface area (Å²) in [6, 6.07) is 8.94. The van der Waals surface area contributed by atoms with Gasteiger partial charge < -0.3 is 11.1 Å². The Hall–Kier alpha value is -2.61. The van der Waals surface area contributed by atoms with E-state index in [9.17, 15) is 9.59 Å². The van der Waals surface area contributed by atoms with Crippen molar-refractivity contribution in [1.29, 1.82) is 0 Å². The van der Waals surface area contributed by atoms with Crippen LogP contribution in [0.2, 0.25) is 0 Å². The van der Waals surface area contributed by atoms with Gasteiger partial charge in [-0.3, -0.25) is 14.5 Å². The minimum Gasteiger partial charge on any atom is -0.384 e. The Morgan fingerprint density at radius 1 is 1.31 bits per heavy atom. The molecular formula is C18H21N5O2S. The number of carbonyl (C=O) groups is 2. The molecule has 7 nitrogen and oxygen atoms in total. The SMILES string of the molecule is Cc1cc(N)nc(SC(C)C(=O)N2c3ccccc3NC(=O)C2(C)C)n1. The summed E-state index contributed by atoms with van der Waals surface area (Å²) in [5.41, 5.74) is 6.80. The average Bonchev–Trinajstić information content (AvgIpc) is 2.54. The van der Waals surface area contributed by atoms with Crippen LogP contribution in [0, 0.1) is 6.92 Å². The van der Waals surface area contributed by atoms with Gasteiger partial charge in [0.1, 0.15) is 11.4 Å². The van der Waals surface area contributed by atoms with Crippen LogP contribution >= 0.6 is 11.8 Å². The largest absolute Gasteiger partial charge is 0.384 e. The maximum atomic E-state index is 13.2. The summed E-state index contributed by atoms with van der Waals surface area (Å²) in [5.74, 6) is -0.0496. The van der Waals surface area contributed by atoms with Crippen LogP contribution in [0.25, 0.3) is 0 Å². The van der Waals surface area contributed by atoms with E-state index in [0.29, 0.717) is 22.3 Å². The summed E-state index contributed by atoms with van der Waals surface area (Å²) in [7, 11) is 0. The molecule has 2 heterocycles. The number of fused-ring (bicyclic) bond motifs is 1. The van der Waals surface area contributed by atoms with Gasteiger partial charge in [0.05, 0.1) is 16.6 Å². The van der Waals surface area contributed by atoms with Gasteiger partial charge in [0, 0.05) is 11.8 Å². The van der Waals surface area contributed by atoms with E-state index in [-0.39, 0.29) is 11.8 Å². The van der Waals surface area contributed by atoms with Crippen molar-refractivity contribution in [3.05, 3.63) is 36.0 Å². The van der Waals surface area contributed by atoms with Crippen molar-refractivity contribution in [3.63, 3.8) is 0 Å². The number of hydrogen-bond acceptors (Lipinski definition) is 6. The number of para-hydroxylation sites is 2. The fourth-order valence-corrected chi connectivity index (χ4v) is 3.73. The average molecular weight is 371 g/mol. The molecule has 1 atom stereocenters. The Balaban J connectivity index is 1.93. The molecule has 2 aromatic rings. The van der Waals surface area contributed by atoms with Crippen LogP contribution in [0.4, 0.5) is 17.2 Å². The standard InChI is InChI=1S/C18H21N5O2S/c1-10-9-14(19)22-17(20-10)26-11(2)15(24)23-13-8-6-5-7-12(13)21-16(25)18(23,3)4/h5-9,11H,1-4H3,(H,21,25)(H2,19,20,22). The van der Waals surface area contributed by atoms with Gasteiger partial charge in [-0.1, -0.05) is 23.9 Å². The molecule has 8 heteroatoms. The molecule has 1 aromatic heterocycles. The lowest BCUT2D eigenvalue weighted by molar-refractivity contribution is -0.126. The Labute approximate surface area is 156 Å². The number of amides is 2. The van der Waals surface area contributed by atoms with E-state index in [1.165, 1.54) is 11.8 Å². The van der Waals surface area contributed by atoms with Crippen molar-refractivity contribution in [2.45, 2.75) is 43.6 Å². The second kappa shape index (κ2) is 6.60. The monoisotopic (exact) mass is 371 g/mol. The number of nitrogens with one attached hydrogen (secondary N) is 1. The molecule has 0 spiro atoms. The van der Waals surface area contributed by atoms with Crippen LogP contribution in [0.3, 0.4) is 0 Å². The first-order valence-corrected chi connectivity index (χ1v) is 9.10. The van der Waals surface area contributed by atoms with E-state index in [1.54, 1.807) is 37.8 Å². The third-order valence-electron chi connectivity index (χ3n) is 4.21. The summed E-state index contributed by atoms with van der Waals surface area (Å²) in [4.78, 5) is 35.8. The fourth-order valence-electron chi connectivity index (χ4n) is 2.85. The predicted molar refractivity (Wildman–Crippen MR) is 103 cm³/mol. The molecule has 1 aliphatic rings. The van der Waals surface area contributed by atoms with Gasteiger partial charge in [-0.05, 0) is 39.8 Å². The number of benzene rings is 1. The number of rotatable bonds is 3. The minimum absolute atomic E-state index is 0.189. The summed E-state index contributed by atoms with van der Waals surface area (Å²) in [5, 5.41) is 2.81. The number of aromatic nitrogens is 2. The molecule has 0 saturated heterocycles. The molecule has 0 fully saturated rings. The van der Waals surface area contributed by atoms with Gasteiger partial charge in [-0.2, -0.15) is 0 Å². The lowest BCUT2D eigenvalue weighted by atomic mass is 9.96. The topological polar surface area (TPSA) is 101 Å². The van der Waals surface area contributed by atoms with Crippen molar-refractivity contribution in [3.8, 4) is 0 Å². The summed E-state index contributed by atoms with van der Waals surface area (Å²) < 4.78 is 0. The number of carbonyl (C=O) groups excluding carboxylic acids is 2. The molecule has 1 aliphatic heterocycles. The number of nitrogen functional groups attached to an aromatic ring is 1. The highest BCUT2D eigenvalue weighted by molar-refractivity contribution is 8.00. The van der Waals surface area contributed by atoms with Gasteiger partial charge in [0.2, 0.25) is 11.8 Å². The summed E-state index contributed by atoms with van der Waals surface area (Å²) in [6.45, 7) is 7.06. The summed E-state index contributed by atoms with van der Waals surface area (Å²) >= 11 is 1.23. The molecule has 26 heavy (non-hydrogen) atoms. The normalized spacial score (nSPS) is 16.6. The van der Waals surface area contributed by atoms with E-state index < -0.39 is 10.8 Å². The first-order chi connectivity index (χ1) is 12.2. The molecule has 1 unspecified atom stereocenters. The van der Waals surface area contributed by atoms with Crippen molar-refractivity contribution in [2.24, 2.45) is 0 Å². The molecule has 0 bridgehead atoms. The Morgan fingerprint density at radius 3 is 2.69 bits per heavy atom. The van der Waals surface area contributed by atoms with Gasteiger partial charge in [0.25, 0.3) is 0 Å². The zero-order chi connectivity index (χ0) is 19.1. The van der Waals surface area contributed by atoms with Crippen LogP contribution < -0.4 is 16.0 Å². The number of nitrogens with zero attached hydrogens (tertiary/aromatic N) is 3. The number of nitrogens with two attached hydrogens (primary N) is 1. The molecule has 0 aliphatic carbocycles. The number of thioether (sulfide) groups is 1. The first-order valence-electron chi connectivity index (χ1n) is 8.22. The van der Waals surface area contributed by atoms with E-state index >= 15 is 0 Å². The molecule has 0 saturated carbocycles. The van der Waals surface area contributed by atoms with Gasteiger partial charge in [-0.25, -0.2) is 9.97 Å². The van der Waals surface area contributed by atoms with E-state index in [4.69, 9.17) is 5.73 Å². The van der Waals surface area contributed by atoms with Gasteiger partial charge >= 0.3 is 0 Å². The minimum atomic E-state index is -1.01. The van der Waals surface area contributed by atoms with Crippen molar-refractivity contribution >= 4 is 40.8 Å². The van der Waals surface area contributed by atoms with Gasteiger partial charge in [-0.15, -0.1) is 0 Å². The highest BCUT2D eigenvalue weighted by atomic mass is 32.2. The molecule has 136 valence electrons. The molecular weight excluding hydrogens is 350 g/mol. The smallest absolute Gasteiger partial charge is 0.250 e. The van der Waals surface area contributed by atoms with E-state index in [2.05, 4.69) is 15.3 Å². The zero-order valence-corrected chi connectivity index (χ0v) is 15.9. The lowest BCUT2D eigenvalue weighted by Gasteiger charge is -2.43. The Morgan fingerprint density at radius 2 is 2.00 bits per heavy atom. The fraction of sp³-hybridized carbons (Fsp3) is 0.333. The van der Waals surface area contributed by atoms with Crippen LogP contribution in [-0.2, 0) is 9.59 Å². The molecule has 1 aromatic carbocycles. The highest BCUT2D eigenvalue weighted by Gasteiger charge is 2.44. The van der Waals surface area contributed by atoms with Crippen molar-refractivity contribution in [1.82, 2.24) is 9.97 Å². The third-order valence-corrected chi connectivity index (χ3v) is 5.16. The number of hydrogen-bond donors (Lipinski definition) is 2. The summed E-state index contributed by atoms with van der Waals surface area (Å²) in [6.07, 6.45) is 0. The number of aryl methyl sites for hydroxylation is 1. The van der Waals surface area contributed by atoms with Crippen LogP contribution in [-0.4, -0.2) is 32.6 Å². The van der Waals surface area contributed by atoms with Crippen LogP contribution in [0.5, 0.6) is 0 Å². The van der Waals surface area contributed by atoms with Crippen molar-refractivity contribution < 1.29 is 9.59 Å². The van der Waals surface area contributed by atoms with Crippen molar-refractivity contribution in [2.75, 3.05) is 16.0 Å². The van der Waals surface area contributed by atoms with E-state index in [1.807, 2.05) is 25.1 Å². The van der Waals surface area contributed by atoms with Crippen LogP contribution in [0.15, 0.2) is 35.5 Å². The zero-order valence-electron chi connectivity index (χ0n) is 15.1. The Bertz CT molecular complexity index is 863. The molecule has 3 N–H and O–H groups in total. The second-order valence-electron chi connectivity index (χ2n) is 6.68. The third kappa shape index (κ3) is 3.24. The van der Waals surface area contributed by atoms with Gasteiger partial charge in [0.15, 0.2) is 5.16 Å². The maximum Gasteiger partial charge on any atom is 0.250 e. The van der Waals surface area contributed by atoms with Crippen LogP contribution in [0.1, 0.15) is 26.5 Å². The molecule has 3 rings (SSSR count). The lowest BCUT2D eigenvalue weighted by Crippen LogP contribution is -2.60. The second-order valence-corrected chi connectivity index (χ2v) is 7.99. The maximum absolute atomic E-state index is 13.2. The molecule has 0 radical (unpaired) electrons. The quantitative estimate of drug-likeness (QED) is 0.635.